The van der Waals surface area contributed by atoms with Crippen LogP contribution in [-0.4, -0.2) is 37.1 Å². The molecule has 0 aromatic carbocycles. The average Bonchev–Trinajstić information content (AvgIpc) is 2.80. The number of fused-ring (bicyclic) bond motifs is 2. The summed E-state index contributed by atoms with van der Waals surface area (Å²) in [5.41, 5.74) is 0. The lowest BCUT2D eigenvalue weighted by atomic mass is 9.93. The number of hydrogen-bond donors (Lipinski definition) is 1. The van der Waals surface area contributed by atoms with Gasteiger partial charge in [-0.25, -0.2) is 0 Å². The number of piperazine rings is 1. The number of nitrogens with zero attached hydrogens (tertiary/aromatic N) is 1. The zero-order valence-electron chi connectivity index (χ0n) is 8.34. The normalized spacial score (nSPS) is 45.7. The highest BCUT2D eigenvalue weighted by molar-refractivity contribution is 4.96. The Balaban J connectivity index is 1.65. The van der Waals surface area contributed by atoms with Gasteiger partial charge in [0.05, 0.1) is 0 Å². The second kappa shape index (κ2) is 3.25. The van der Waals surface area contributed by atoms with Gasteiger partial charge in [0.2, 0.25) is 0 Å². The van der Waals surface area contributed by atoms with Gasteiger partial charge in [-0.3, -0.25) is 4.90 Å². The van der Waals surface area contributed by atoms with Crippen LogP contribution in [0, 0.1) is 11.8 Å². The van der Waals surface area contributed by atoms with Crippen LogP contribution in [0.25, 0.3) is 0 Å². The van der Waals surface area contributed by atoms with Crippen molar-refractivity contribution >= 4 is 0 Å². The molecule has 3 atom stereocenters. The summed E-state index contributed by atoms with van der Waals surface area (Å²) in [6, 6.07) is 0.973. The van der Waals surface area contributed by atoms with E-state index in [-0.39, 0.29) is 0 Å². The summed E-state index contributed by atoms with van der Waals surface area (Å²) in [6.07, 6.45) is 6.13. The first kappa shape index (κ1) is 8.25. The monoisotopic (exact) mass is 180 g/mol. The Morgan fingerprint density at radius 3 is 2.46 bits per heavy atom. The third-order valence-corrected chi connectivity index (χ3v) is 4.32. The van der Waals surface area contributed by atoms with E-state index in [1.54, 1.807) is 6.42 Å². The molecule has 3 fully saturated rings. The van der Waals surface area contributed by atoms with Crippen LogP contribution in [0.1, 0.15) is 25.7 Å². The van der Waals surface area contributed by atoms with Crippen molar-refractivity contribution in [3.05, 3.63) is 0 Å². The Kier molecular flexibility index (Phi) is 2.06. The van der Waals surface area contributed by atoms with Crippen molar-refractivity contribution in [2.45, 2.75) is 31.7 Å². The Morgan fingerprint density at radius 2 is 1.85 bits per heavy atom. The van der Waals surface area contributed by atoms with Gasteiger partial charge in [0, 0.05) is 32.2 Å². The lowest BCUT2D eigenvalue weighted by Gasteiger charge is -2.37. The van der Waals surface area contributed by atoms with Crippen LogP contribution in [0.15, 0.2) is 0 Å². The van der Waals surface area contributed by atoms with Crippen LogP contribution < -0.4 is 5.32 Å². The van der Waals surface area contributed by atoms with Gasteiger partial charge in [-0.05, 0) is 31.1 Å². The van der Waals surface area contributed by atoms with E-state index in [4.69, 9.17) is 0 Å². The maximum Gasteiger partial charge on any atom is 0.0127 e. The fraction of sp³-hybridized carbons (Fsp3) is 1.00. The molecule has 1 N–H and O–H groups in total. The van der Waals surface area contributed by atoms with E-state index < -0.39 is 0 Å². The van der Waals surface area contributed by atoms with Crippen LogP contribution in [0.5, 0.6) is 0 Å². The summed E-state index contributed by atoms with van der Waals surface area (Å²) in [6.45, 7) is 5.03. The highest BCUT2D eigenvalue weighted by Gasteiger charge is 2.42. The van der Waals surface area contributed by atoms with E-state index in [0.29, 0.717) is 0 Å². The Morgan fingerprint density at radius 1 is 1.00 bits per heavy atom. The minimum Gasteiger partial charge on any atom is -0.314 e. The second-order valence-electron chi connectivity index (χ2n) is 5.03. The maximum atomic E-state index is 3.44. The number of rotatable bonds is 1. The molecule has 0 aromatic heterocycles. The highest BCUT2D eigenvalue weighted by Crippen LogP contribution is 2.46. The molecule has 0 unspecified atom stereocenters. The molecule has 2 bridgehead atoms. The van der Waals surface area contributed by atoms with Crippen molar-refractivity contribution in [3.63, 3.8) is 0 Å². The maximum absolute atomic E-state index is 3.44. The molecule has 2 nitrogen and oxygen atoms in total. The van der Waals surface area contributed by atoms with E-state index in [1.165, 1.54) is 45.4 Å². The Labute approximate surface area is 80.7 Å². The molecule has 2 heteroatoms. The molecular weight excluding hydrogens is 160 g/mol. The molecule has 0 radical (unpaired) electrons. The minimum atomic E-state index is 0.973. The standard InChI is InChI=1S/C11H20N2/c1-2-10-7-9(1)8-11(10)13-5-3-12-4-6-13/h9-12H,1-8H2/t9-,10-,11+/m0/s1. The highest BCUT2D eigenvalue weighted by atomic mass is 15.2. The molecule has 13 heavy (non-hydrogen) atoms. The Hall–Kier alpha value is -0.0800. The zero-order chi connectivity index (χ0) is 8.67. The van der Waals surface area contributed by atoms with Crippen molar-refractivity contribution in [2.24, 2.45) is 11.8 Å². The lowest BCUT2D eigenvalue weighted by molar-refractivity contribution is 0.126. The SMILES string of the molecule is C1CN([C@@H]2C[C@H]3CC[C@H]2C3)CCN1. The predicted octanol–water partition coefficient (Wildman–Crippen LogP) is 1.08. The van der Waals surface area contributed by atoms with Crippen LogP contribution in [0.4, 0.5) is 0 Å². The predicted molar refractivity (Wildman–Crippen MR) is 53.7 cm³/mol. The summed E-state index contributed by atoms with van der Waals surface area (Å²) < 4.78 is 0. The molecule has 2 saturated carbocycles. The van der Waals surface area contributed by atoms with Gasteiger partial charge in [-0.2, -0.15) is 0 Å². The molecule has 74 valence electrons. The fourth-order valence-electron chi connectivity index (χ4n) is 3.67. The van der Waals surface area contributed by atoms with Crippen molar-refractivity contribution in [1.29, 1.82) is 0 Å². The molecule has 0 aromatic rings. The van der Waals surface area contributed by atoms with Gasteiger partial charge in [0.15, 0.2) is 0 Å². The summed E-state index contributed by atoms with van der Waals surface area (Å²) in [7, 11) is 0. The molecule has 1 heterocycles. The fourth-order valence-corrected chi connectivity index (χ4v) is 3.67. The average molecular weight is 180 g/mol. The van der Waals surface area contributed by atoms with E-state index >= 15 is 0 Å². The van der Waals surface area contributed by atoms with Crippen LogP contribution in [0.3, 0.4) is 0 Å². The van der Waals surface area contributed by atoms with Gasteiger partial charge in [-0.1, -0.05) is 6.42 Å². The quantitative estimate of drug-likeness (QED) is 0.649. The van der Waals surface area contributed by atoms with E-state index in [9.17, 15) is 0 Å². The lowest BCUT2D eigenvalue weighted by Crippen LogP contribution is -2.50. The van der Waals surface area contributed by atoms with Gasteiger partial charge >= 0.3 is 0 Å². The summed E-state index contributed by atoms with van der Waals surface area (Å²) >= 11 is 0. The second-order valence-corrected chi connectivity index (χ2v) is 5.03. The van der Waals surface area contributed by atoms with Gasteiger partial charge in [0.25, 0.3) is 0 Å². The largest absolute Gasteiger partial charge is 0.314 e. The minimum absolute atomic E-state index is 0.973. The van der Waals surface area contributed by atoms with Crippen molar-refractivity contribution in [3.8, 4) is 0 Å². The molecule has 0 spiro atoms. The molecule has 1 saturated heterocycles. The third-order valence-electron chi connectivity index (χ3n) is 4.32. The third kappa shape index (κ3) is 1.40. The summed E-state index contributed by atoms with van der Waals surface area (Å²) in [5, 5.41) is 3.44. The molecule has 1 aliphatic heterocycles. The first-order chi connectivity index (χ1) is 6.43. The molecule has 3 aliphatic rings. The smallest absolute Gasteiger partial charge is 0.0127 e. The first-order valence-corrected chi connectivity index (χ1v) is 5.88. The Bertz CT molecular complexity index is 187. The van der Waals surface area contributed by atoms with Gasteiger partial charge < -0.3 is 5.32 Å². The zero-order valence-corrected chi connectivity index (χ0v) is 8.34. The van der Waals surface area contributed by atoms with Crippen molar-refractivity contribution in [2.75, 3.05) is 26.2 Å². The molecule has 2 aliphatic carbocycles. The molecule has 3 rings (SSSR count). The first-order valence-electron chi connectivity index (χ1n) is 5.88. The summed E-state index contributed by atoms with van der Waals surface area (Å²) in [4.78, 5) is 2.75. The van der Waals surface area contributed by atoms with Crippen LogP contribution in [0.2, 0.25) is 0 Å². The van der Waals surface area contributed by atoms with Gasteiger partial charge in [0.1, 0.15) is 0 Å². The molecular formula is C11H20N2. The molecule has 0 amide bonds. The van der Waals surface area contributed by atoms with Crippen LogP contribution >= 0.6 is 0 Å². The summed E-state index contributed by atoms with van der Waals surface area (Å²) in [5.74, 6) is 2.17. The van der Waals surface area contributed by atoms with Crippen LogP contribution in [-0.2, 0) is 0 Å². The topological polar surface area (TPSA) is 15.3 Å². The van der Waals surface area contributed by atoms with Crippen molar-refractivity contribution in [1.82, 2.24) is 10.2 Å². The number of nitrogens with one attached hydrogen (secondary N) is 1. The van der Waals surface area contributed by atoms with Gasteiger partial charge in [-0.15, -0.1) is 0 Å². The van der Waals surface area contributed by atoms with E-state index in [1.807, 2.05) is 0 Å². The van der Waals surface area contributed by atoms with E-state index in [2.05, 4.69) is 10.2 Å². The number of hydrogen-bond acceptors (Lipinski definition) is 2. The van der Waals surface area contributed by atoms with E-state index in [0.717, 1.165) is 17.9 Å². The van der Waals surface area contributed by atoms with Crippen molar-refractivity contribution < 1.29 is 0 Å².